The van der Waals surface area contributed by atoms with Gasteiger partial charge in [-0.15, -0.1) is 0 Å². The number of hydrogen-bond acceptors (Lipinski definition) is 6. The van der Waals surface area contributed by atoms with E-state index < -0.39 is 17.8 Å². The van der Waals surface area contributed by atoms with Gasteiger partial charge in [-0.2, -0.15) is 0 Å². The van der Waals surface area contributed by atoms with Crippen molar-refractivity contribution in [2.75, 3.05) is 17.7 Å². The molecule has 0 aliphatic carbocycles. The lowest BCUT2D eigenvalue weighted by atomic mass is 10.00. The van der Waals surface area contributed by atoms with Crippen molar-refractivity contribution in [1.82, 2.24) is 0 Å². The summed E-state index contributed by atoms with van der Waals surface area (Å²) >= 11 is 0. The molecule has 0 amide bonds. The third kappa shape index (κ3) is 4.63. The minimum Gasteiger partial charge on any atom is -0.478 e. The molecule has 0 saturated carbocycles. The van der Waals surface area contributed by atoms with E-state index in [9.17, 15) is 19.1 Å². The number of halogens is 1. The van der Waals surface area contributed by atoms with Crippen molar-refractivity contribution in [3.63, 3.8) is 0 Å². The lowest BCUT2D eigenvalue weighted by molar-refractivity contribution is 0.0697. The summed E-state index contributed by atoms with van der Waals surface area (Å²) < 4.78 is 19.9. The van der Waals surface area contributed by atoms with Crippen molar-refractivity contribution < 1.29 is 18.7 Å². The van der Waals surface area contributed by atoms with Gasteiger partial charge in [-0.1, -0.05) is 18.2 Å². The Labute approximate surface area is 200 Å². The molecule has 178 valence electrons. The molecule has 0 radical (unpaired) electrons. The Kier molecular flexibility index (Phi) is 6.38. The molecule has 0 aliphatic rings. The maximum atomic E-state index is 13.6. The average Bonchev–Trinajstić information content (AvgIpc) is 2.84. The van der Waals surface area contributed by atoms with Crippen LogP contribution in [0.25, 0.3) is 22.3 Å². The van der Waals surface area contributed by atoms with Gasteiger partial charge in [0.15, 0.2) is 5.43 Å². The van der Waals surface area contributed by atoms with E-state index in [4.69, 9.17) is 9.83 Å². The van der Waals surface area contributed by atoms with Crippen molar-refractivity contribution in [2.24, 2.45) is 0 Å². The molecule has 4 rings (SSSR count). The van der Waals surface area contributed by atoms with Crippen LogP contribution < -0.4 is 16.1 Å². The highest BCUT2D eigenvalue weighted by atomic mass is 19.1. The van der Waals surface area contributed by atoms with Gasteiger partial charge in [-0.3, -0.25) is 4.79 Å². The number of hydrogen-bond donors (Lipinski definition) is 4. The van der Waals surface area contributed by atoms with Crippen molar-refractivity contribution in [3.8, 4) is 11.3 Å². The molecule has 0 spiro atoms. The molecule has 1 unspecified atom stereocenters. The second-order valence-electron chi connectivity index (χ2n) is 8.26. The van der Waals surface area contributed by atoms with E-state index in [1.807, 2.05) is 19.9 Å². The first-order valence-electron chi connectivity index (χ1n) is 10.9. The Morgan fingerprint density at radius 2 is 1.89 bits per heavy atom. The summed E-state index contributed by atoms with van der Waals surface area (Å²) in [6.45, 7) is 3.67. The van der Waals surface area contributed by atoms with Gasteiger partial charge >= 0.3 is 5.97 Å². The summed E-state index contributed by atoms with van der Waals surface area (Å²) in [6, 6.07) is 13.5. The predicted molar refractivity (Wildman–Crippen MR) is 135 cm³/mol. The van der Waals surface area contributed by atoms with Crippen LogP contribution in [0, 0.1) is 18.2 Å². The molecular weight excluding hydrogens is 449 g/mol. The fourth-order valence-electron chi connectivity index (χ4n) is 4.08. The molecule has 0 bridgehead atoms. The number of carboxylic acids is 1. The number of benzene rings is 3. The first-order chi connectivity index (χ1) is 16.7. The van der Waals surface area contributed by atoms with Crippen LogP contribution in [-0.2, 0) is 0 Å². The third-order valence-corrected chi connectivity index (χ3v) is 5.81. The van der Waals surface area contributed by atoms with Crippen LogP contribution in [0.5, 0.6) is 0 Å². The Balaban J connectivity index is 1.85. The zero-order valence-electron chi connectivity index (χ0n) is 19.4. The molecule has 0 saturated heterocycles. The zero-order valence-corrected chi connectivity index (χ0v) is 19.4. The van der Waals surface area contributed by atoms with Gasteiger partial charge in [0.25, 0.3) is 0 Å². The zero-order chi connectivity index (χ0) is 25.3. The van der Waals surface area contributed by atoms with Gasteiger partial charge in [-0.25, -0.2) is 9.18 Å². The first kappa shape index (κ1) is 23.7. The number of carboxylic acid groups (broad SMARTS) is 1. The molecule has 1 aromatic heterocycles. The van der Waals surface area contributed by atoms with Crippen molar-refractivity contribution in [3.05, 3.63) is 92.9 Å². The number of aryl methyl sites for hydroxylation is 1. The number of aromatic carboxylic acids is 1. The molecule has 4 N–H and O–H groups in total. The SMILES string of the molecule is CNc1cc(-c2cc(=O)c3cc(C)cc(C(C)Nc4ccc(F)cc4C(=O)O)c3o2)ccc1C=N. The van der Waals surface area contributed by atoms with Gasteiger partial charge in [0.05, 0.1) is 17.0 Å². The van der Waals surface area contributed by atoms with E-state index >= 15 is 0 Å². The van der Waals surface area contributed by atoms with E-state index in [0.717, 1.165) is 17.3 Å². The highest BCUT2D eigenvalue weighted by molar-refractivity contribution is 5.94. The summed E-state index contributed by atoms with van der Waals surface area (Å²) in [5, 5.41) is 23.6. The average molecular weight is 474 g/mol. The fraction of sp³-hybridized carbons (Fsp3) is 0.148. The van der Waals surface area contributed by atoms with Gasteiger partial charge < -0.3 is 25.6 Å². The molecule has 1 atom stereocenters. The standard InChI is InChI=1S/C27H24FN3O4/c1-14-8-19(15(2)31-22-7-6-18(28)11-20(22)27(33)34)26-21(9-14)24(32)12-25(35-26)16-4-5-17(13-29)23(10-16)30-3/h4-13,15,29-31H,1-3H3,(H,33,34). The predicted octanol–water partition coefficient (Wildman–Crippen LogP) is 5.82. The van der Waals surface area contributed by atoms with E-state index in [0.29, 0.717) is 33.4 Å². The number of carbonyl (C=O) groups is 1. The van der Waals surface area contributed by atoms with E-state index in [-0.39, 0.29) is 16.7 Å². The van der Waals surface area contributed by atoms with Crippen LogP contribution in [-0.4, -0.2) is 24.3 Å². The van der Waals surface area contributed by atoms with Crippen LogP contribution in [0.15, 0.2) is 63.8 Å². The van der Waals surface area contributed by atoms with Crippen molar-refractivity contribution in [2.45, 2.75) is 19.9 Å². The van der Waals surface area contributed by atoms with E-state index in [1.54, 1.807) is 31.3 Å². The molecule has 7 nitrogen and oxygen atoms in total. The topological polar surface area (TPSA) is 115 Å². The monoisotopic (exact) mass is 473 g/mol. The largest absolute Gasteiger partial charge is 0.478 e. The second kappa shape index (κ2) is 9.42. The minimum atomic E-state index is -1.25. The molecule has 0 aliphatic heterocycles. The summed E-state index contributed by atoms with van der Waals surface area (Å²) in [5.74, 6) is -1.54. The molecule has 1 heterocycles. The third-order valence-electron chi connectivity index (χ3n) is 5.81. The number of anilines is 2. The number of fused-ring (bicyclic) bond motifs is 1. The summed E-state index contributed by atoms with van der Waals surface area (Å²) in [6.07, 6.45) is 1.24. The minimum absolute atomic E-state index is 0.193. The summed E-state index contributed by atoms with van der Waals surface area (Å²) in [5.41, 5.74) is 3.79. The Morgan fingerprint density at radius 1 is 1.11 bits per heavy atom. The molecule has 3 aromatic carbocycles. The Hall–Kier alpha value is -4.46. The number of rotatable bonds is 7. The smallest absolute Gasteiger partial charge is 0.337 e. The molecule has 4 aromatic rings. The van der Waals surface area contributed by atoms with Crippen LogP contribution in [0.2, 0.25) is 0 Å². The highest BCUT2D eigenvalue weighted by Gasteiger charge is 2.19. The highest BCUT2D eigenvalue weighted by Crippen LogP contribution is 2.32. The Morgan fingerprint density at radius 3 is 2.57 bits per heavy atom. The van der Waals surface area contributed by atoms with Gasteiger partial charge in [0.2, 0.25) is 0 Å². The number of nitrogens with one attached hydrogen (secondary N) is 3. The maximum absolute atomic E-state index is 13.6. The van der Waals surface area contributed by atoms with Gasteiger partial charge in [0, 0.05) is 47.4 Å². The van der Waals surface area contributed by atoms with Crippen molar-refractivity contribution >= 4 is 34.5 Å². The van der Waals surface area contributed by atoms with Crippen molar-refractivity contribution in [1.29, 1.82) is 5.41 Å². The van der Waals surface area contributed by atoms with Crippen LogP contribution in [0.4, 0.5) is 15.8 Å². The van der Waals surface area contributed by atoms with Gasteiger partial charge in [-0.05, 0) is 49.7 Å². The van der Waals surface area contributed by atoms with Crippen LogP contribution >= 0.6 is 0 Å². The molecule has 0 fully saturated rings. The molecular formula is C27H24FN3O4. The fourth-order valence-corrected chi connectivity index (χ4v) is 4.08. The van der Waals surface area contributed by atoms with Gasteiger partial charge in [0.1, 0.15) is 17.2 Å². The van der Waals surface area contributed by atoms with E-state index in [1.165, 1.54) is 24.4 Å². The summed E-state index contributed by atoms with van der Waals surface area (Å²) in [4.78, 5) is 24.7. The normalized spacial score (nSPS) is 11.8. The molecule has 35 heavy (non-hydrogen) atoms. The Bertz CT molecular complexity index is 1530. The lowest BCUT2D eigenvalue weighted by Gasteiger charge is -2.19. The summed E-state index contributed by atoms with van der Waals surface area (Å²) in [7, 11) is 1.75. The van der Waals surface area contributed by atoms with E-state index in [2.05, 4.69) is 10.6 Å². The quantitative estimate of drug-likeness (QED) is 0.252. The first-order valence-corrected chi connectivity index (χ1v) is 10.9. The second-order valence-corrected chi connectivity index (χ2v) is 8.26. The van der Waals surface area contributed by atoms with Crippen LogP contribution in [0.1, 0.15) is 40.0 Å². The lowest BCUT2D eigenvalue weighted by Crippen LogP contribution is -2.13. The molecule has 8 heteroatoms. The van der Waals surface area contributed by atoms with Crippen LogP contribution in [0.3, 0.4) is 0 Å². The maximum Gasteiger partial charge on any atom is 0.337 e.